The lowest BCUT2D eigenvalue weighted by molar-refractivity contribution is 0.869. The minimum atomic E-state index is 0.555. The Bertz CT molecular complexity index is 618. The molecule has 0 amide bonds. The maximum Gasteiger partial charge on any atom is -0.0106 e. The fourth-order valence-electron chi connectivity index (χ4n) is 2.95. The molecule has 0 spiro atoms. The molecule has 0 N–H and O–H groups in total. The first-order valence-electron chi connectivity index (χ1n) is 7.15. The molecule has 0 aromatic heterocycles. The van der Waals surface area contributed by atoms with Crippen LogP contribution in [0.15, 0.2) is 48.5 Å². The smallest absolute Gasteiger partial charge is 0.0106 e. The van der Waals surface area contributed by atoms with Gasteiger partial charge in [0.15, 0.2) is 0 Å². The number of hydrogen-bond acceptors (Lipinski definition) is 0. The lowest BCUT2D eigenvalue weighted by Gasteiger charge is -2.18. The van der Waals surface area contributed by atoms with E-state index in [1.54, 1.807) is 0 Å². The van der Waals surface area contributed by atoms with E-state index in [4.69, 9.17) is 0 Å². The van der Waals surface area contributed by atoms with E-state index in [1.807, 2.05) is 0 Å². The number of rotatable bonds is 2. The molecule has 1 aliphatic rings. The van der Waals surface area contributed by atoms with Gasteiger partial charge in [-0.05, 0) is 46.6 Å². The van der Waals surface area contributed by atoms with E-state index in [0.29, 0.717) is 5.92 Å². The molecular formula is C19H20. The summed E-state index contributed by atoms with van der Waals surface area (Å²) < 4.78 is 0. The normalized spacial score (nSPS) is 13.6. The lowest BCUT2D eigenvalue weighted by Crippen LogP contribution is -1.99. The van der Waals surface area contributed by atoms with Crippen molar-refractivity contribution in [3.05, 3.63) is 65.2 Å². The van der Waals surface area contributed by atoms with Crippen molar-refractivity contribution in [2.45, 2.75) is 32.6 Å². The molecule has 1 aliphatic carbocycles. The number of hydrogen-bond donors (Lipinski definition) is 0. The van der Waals surface area contributed by atoms with Gasteiger partial charge in [-0.15, -0.1) is 0 Å². The number of aryl methyl sites for hydroxylation is 1. The summed E-state index contributed by atoms with van der Waals surface area (Å²) in [5.74, 6) is 0.555. The number of benzene rings is 2. The Morgan fingerprint density at radius 3 is 2.53 bits per heavy atom. The van der Waals surface area contributed by atoms with E-state index in [2.05, 4.69) is 68.5 Å². The predicted molar refractivity (Wildman–Crippen MR) is 83.3 cm³/mol. The molecule has 0 saturated heterocycles. The van der Waals surface area contributed by atoms with Crippen molar-refractivity contribution >= 4 is 6.08 Å². The molecule has 96 valence electrons. The quantitative estimate of drug-likeness (QED) is 0.664. The van der Waals surface area contributed by atoms with Gasteiger partial charge in [-0.2, -0.15) is 0 Å². The Balaban J connectivity index is 2.21. The van der Waals surface area contributed by atoms with E-state index in [1.165, 1.54) is 40.7 Å². The zero-order valence-corrected chi connectivity index (χ0v) is 11.7. The highest BCUT2D eigenvalue weighted by Crippen LogP contribution is 2.35. The van der Waals surface area contributed by atoms with Crippen LogP contribution in [0.25, 0.3) is 17.2 Å². The molecule has 3 rings (SSSR count). The van der Waals surface area contributed by atoms with Gasteiger partial charge in [0.1, 0.15) is 0 Å². The third-order valence-corrected chi connectivity index (χ3v) is 3.93. The average molecular weight is 248 g/mol. The Kier molecular flexibility index (Phi) is 3.25. The first-order chi connectivity index (χ1) is 9.27. The van der Waals surface area contributed by atoms with Crippen molar-refractivity contribution < 1.29 is 0 Å². The molecule has 0 radical (unpaired) electrons. The van der Waals surface area contributed by atoms with Crippen LogP contribution in [0.2, 0.25) is 0 Å². The van der Waals surface area contributed by atoms with Crippen LogP contribution in [0.4, 0.5) is 0 Å². The van der Waals surface area contributed by atoms with Gasteiger partial charge in [-0.1, -0.05) is 68.5 Å². The summed E-state index contributed by atoms with van der Waals surface area (Å²) in [5.41, 5.74) is 7.12. The number of fused-ring (bicyclic) bond motifs is 1. The summed E-state index contributed by atoms with van der Waals surface area (Å²) in [6.45, 7) is 4.54. The molecule has 0 fully saturated rings. The standard InChI is InChI=1S/C19H20/c1-14(2)16-10-5-6-12-18(16)19-13-7-9-15-8-3-4-11-17(15)19/h4-7,9-14H,3,8H2,1-2H3. The lowest BCUT2D eigenvalue weighted by atomic mass is 9.86. The van der Waals surface area contributed by atoms with Crippen molar-refractivity contribution in [3.63, 3.8) is 0 Å². The monoisotopic (exact) mass is 248 g/mol. The summed E-state index contributed by atoms with van der Waals surface area (Å²) >= 11 is 0. The van der Waals surface area contributed by atoms with Crippen LogP contribution in [0, 0.1) is 0 Å². The Hall–Kier alpha value is -1.82. The van der Waals surface area contributed by atoms with Crippen LogP contribution in [-0.4, -0.2) is 0 Å². The topological polar surface area (TPSA) is 0 Å². The predicted octanol–water partition coefficient (Wildman–Crippen LogP) is 5.44. The second-order valence-electron chi connectivity index (χ2n) is 5.56. The van der Waals surface area contributed by atoms with Crippen molar-refractivity contribution in [2.75, 3.05) is 0 Å². The van der Waals surface area contributed by atoms with E-state index in [9.17, 15) is 0 Å². The highest BCUT2D eigenvalue weighted by atomic mass is 14.2. The molecule has 2 aromatic rings. The fourth-order valence-corrected chi connectivity index (χ4v) is 2.95. The Morgan fingerprint density at radius 2 is 1.68 bits per heavy atom. The van der Waals surface area contributed by atoms with Crippen LogP contribution in [0.3, 0.4) is 0 Å². The van der Waals surface area contributed by atoms with Crippen LogP contribution >= 0.6 is 0 Å². The maximum atomic E-state index is 2.30. The second kappa shape index (κ2) is 5.05. The average Bonchev–Trinajstić information content (AvgIpc) is 2.46. The fraction of sp³-hybridized carbons (Fsp3) is 0.263. The largest absolute Gasteiger partial charge is 0.0836 e. The van der Waals surface area contributed by atoms with Gasteiger partial charge in [0, 0.05) is 0 Å². The van der Waals surface area contributed by atoms with Crippen molar-refractivity contribution in [3.8, 4) is 11.1 Å². The first kappa shape index (κ1) is 12.2. The Labute approximate surface area is 115 Å². The molecule has 2 aromatic carbocycles. The molecule has 0 bridgehead atoms. The molecule has 19 heavy (non-hydrogen) atoms. The highest BCUT2D eigenvalue weighted by Gasteiger charge is 2.13. The third-order valence-electron chi connectivity index (χ3n) is 3.93. The summed E-state index contributed by atoms with van der Waals surface area (Å²) in [4.78, 5) is 0. The molecule has 0 heteroatoms. The van der Waals surface area contributed by atoms with E-state index in [0.717, 1.165) is 0 Å². The van der Waals surface area contributed by atoms with Crippen LogP contribution in [0.5, 0.6) is 0 Å². The molecule has 0 saturated carbocycles. The summed E-state index contributed by atoms with van der Waals surface area (Å²) in [6.07, 6.45) is 6.93. The van der Waals surface area contributed by atoms with E-state index < -0.39 is 0 Å². The van der Waals surface area contributed by atoms with E-state index >= 15 is 0 Å². The zero-order chi connectivity index (χ0) is 13.2. The SMILES string of the molecule is CC(C)c1ccccc1-c1cccc2c1C=CCC2. The van der Waals surface area contributed by atoms with Crippen LogP contribution in [0.1, 0.15) is 42.9 Å². The third kappa shape index (κ3) is 2.23. The van der Waals surface area contributed by atoms with Gasteiger partial charge < -0.3 is 0 Å². The molecule has 0 nitrogen and oxygen atoms in total. The number of allylic oxidation sites excluding steroid dienone is 1. The molecule has 0 unspecified atom stereocenters. The second-order valence-corrected chi connectivity index (χ2v) is 5.56. The van der Waals surface area contributed by atoms with Crippen molar-refractivity contribution in [1.29, 1.82) is 0 Å². The van der Waals surface area contributed by atoms with Gasteiger partial charge in [-0.3, -0.25) is 0 Å². The molecule has 0 heterocycles. The van der Waals surface area contributed by atoms with E-state index in [-0.39, 0.29) is 0 Å². The van der Waals surface area contributed by atoms with Gasteiger partial charge in [0.25, 0.3) is 0 Å². The van der Waals surface area contributed by atoms with Gasteiger partial charge in [0.2, 0.25) is 0 Å². The van der Waals surface area contributed by atoms with Gasteiger partial charge >= 0.3 is 0 Å². The molecule has 0 aliphatic heterocycles. The highest BCUT2D eigenvalue weighted by molar-refractivity contribution is 5.80. The maximum absolute atomic E-state index is 2.30. The van der Waals surface area contributed by atoms with Crippen molar-refractivity contribution in [1.82, 2.24) is 0 Å². The minimum absolute atomic E-state index is 0.555. The van der Waals surface area contributed by atoms with Crippen LogP contribution in [-0.2, 0) is 6.42 Å². The minimum Gasteiger partial charge on any atom is -0.0836 e. The van der Waals surface area contributed by atoms with Crippen LogP contribution < -0.4 is 0 Å². The Morgan fingerprint density at radius 1 is 0.895 bits per heavy atom. The summed E-state index contributed by atoms with van der Waals surface area (Å²) in [5, 5.41) is 0. The molecule has 0 atom stereocenters. The zero-order valence-electron chi connectivity index (χ0n) is 11.7. The summed E-state index contributed by atoms with van der Waals surface area (Å²) in [6, 6.07) is 15.5. The van der Waals surface area contributed by atoms with Gasteiger partial charge in [0.05, 0.1) is 0 Å². The van der Waals surface area contributed by atoms with Gasteiger partial charge in [-0.25, -0.2) is 0 Å². The first-order valence-corrected chi connectivity index (χ1v) is 7.15. The molecular weight excluding hydrogens is 228 g/mol. The van der Waals surface area contributed by atoms with Crippen molar-refractivity contribution in [2.24, 2.45) is 0 Å². The summed E-state index contributed by atoms with van der Waals surface area (Å²) in [7, 11) is 0.